The molecule has 198 valence electrons. The van der Waals surface area contributed by atoms with Crippen LogP contribution in [0.2, 0.25) is 5.02 Å². The first-order valence-corrected chi connectivity index (χ1v) is 12.2. The van der Waals surface area contributed by atoms with Crippen LogP contribution >= 0.6 is 11.6 Å². The highest BCUT2D eigenvalue weighted by atomic mass is 35.5. The fourth-order valence-corrected chi connectivity index (χ4v) is 4.12. The molecule has 0 radical (unpaired) electrons. The number of anilines is 2. The summed E-state index contributed by atoms with van der Waals surface area (Å²) in [7, 11) is 0. The van der Waals surface area contributed by atoms with Gasteiger partial charge in [-0.2, -0.15) is 18.3 Å². The van der Waals surface area contributed by atoms with Gasteiger partial charge in [0.15, 0.2) is 0 Å². The Balaban J connectivity index is 1.59. The minimum Gasteiger partial charge on any atom is -0.357 e. The van der Waals surface area contributed by atoms with Gasteiger partial charge in [0, 0.05) is 38.9 Å². The first-order chi connectivity index (χ1) is 17.1. The molecule has 3 rings (SSSR count). The highest BCUT2D eigenvalue weighted by Gasteiger charge is 2.38. The Labute approximate surface area is 212 Å². The van der Waals surface area contributed by atoms with Gasteiger partial charge in [0.25, 0.3) is 5.56 Å². The molecule has 9 nitrogen and oxygen atoms in total. The first kappa shape index (κ1) is 27.7. The maximum atomic E-state index is 13.5. The third-order valence-electron chi connectivity index (χ3n) is 5.95. The summed E-state index contributed by atoms with van der Waals surface area (Å²) in [5.41, 5.74) is -2.97. The molecule has 1 unspecified atom stereocenters. The minimum atomic E-state index is -4.85. The third-order valence-corrected chi connectivity index (χ3v) is 6.17. The van der Waals surface area contributed by atoms with Crippen molar-refractivity contribution in [3.05, 3.63) is 45.5 Å². The molecule has 1 fully saturated rings. The summed E-state index contributed by atoms with van der Waals surface area (Å²) in [6, 6.07) is 3.61. The monoisotopic (exact) mass is 530 g/mol. The van der Waals surface area contributed by atoms with E-state index < -0.39 is 23.4 Å². The van der Waals surface area contributed by atoms with Crippen LogP contribution in [0.15, 0.2) is 29.3 Å². The van der Waals surface area contributed by atoms with Crippen molar-refractivity contribution in [2.24, 2.45) is 0 Å². The van der Waals surface area contributed by atoms with Crippen molar-refractivity contribution in [2.45, 2.75) is 45.4 Å². The number of H-pyrrole nitrogens is 1. The fourth-order valence-electron chi connectivity index (χ4n) is 4.01. The molecule has 0 bridgehead atoms. The van der Waals surface area contributed by atoms with Gasteiger partial charge in [0.05, 0.1) is 29.4 Å². The maximum Gasteiger partial charge on any atom is 0.423 e. The van der Waals surface area contributed by atoms with Crippen LogP contribution in [-0.2, 0) is 15.7 Å². The summed E-state index contributed by atoms with van der Waals surface area (Å²) in [6.07, 6.45) is -1.65. The number of carbonyl (C=O) groups excluding carboxylic acids is 1. The summed E-state index contributed by atoms with van der Waals surface area (Å²) in [6.45, 7) is 5.96. The van der Waals surface area contributed by atoms with Gasteiger partial charge in [0.2, 0.25) is 5.91 Å². The maximum absolute atomic E-state index is 13.5. The lowest BCUT2D eigenvalue weighted by molar-refractivity contribution is -0.138. The zero-order chi connectivity index (χ0) is 26.3. The van der Waals surface area contributed by atoms with E-state index in [2.05, 4.69) is 15.0 Å². The molecule has 1 atom stereocenters. The number of piperazine rings is 1. The molecule has 2 aromatic heterocycles. The molecule has 0 aromatic carbocycles. The summed E-state index contributed by atoms with van der Waals surface area (Å²) in [4.78, 5) is 34.2. The molecule has 0 aliphatic carbocycles. The van der Waals surface area contributed by atoms with Crippen LogP contribution in [0, 0.1) is 0 Å². The molecular weight excluding hydrogens is 501 g/mol. The number of hydrogen-bond acceptors (Lipinski definition) is 7. The molecule has 13 heteroatoms. The van der Waals surface area contributed by atoms with E-state index >= 15 is 0 Å². The van der Waals surface area contributed by atoms with Gasteiger partial charge in [-0.15, -0.1) is 0 Å². The molecule has 1 aliphatic heterocycles. The Bertz CT molecular complexity index is 1060. The van der Waals surface area contributed by atoms with Crippen molar-refractivity contribution >= 4 is 29.0 Å². The molecule has 0 spiro atoms. The molecule has 36 heavy (non-hydrogen) atoms. The van der Waals surface area contributed by atoms with Crippen LogP contribution in [-0.4, -0.2) is 71.5 Å². The molecule has 1 aliphatic rings. The smallest absolute Gasteiger partial charge is 0.357 e. The lowest BCUT2D eigenvalue weighted by Crippen LogP contribution is -2.49. The van der Waals surface area contributed by atoms with Crippen LogP contribution in [0.5, 0.6) is 0 Å². The van der Waals surface area contributed by atoms with Crippen molar-refractivity contribution < 1.29 is 22.7 Å². The number of rotatable bonds is 10. The van der Waals surface area contributed by atoms with Crippen molar-refractivity contribution in [3.63, 3.8) is 0 Å². The average molecular weight is 531 g/mol. The van der Waals surface area contributed by atoms with Crippen LogP contribution in [0.1, 0.15) is 38.7 Å². The molecule has 1 N–H and O–H groups in total. The number of carbonyl (C=O) groups is 1. The van der Waals surface area contributed by atoms with Crippen molar-refractivity contribution in [3.8, 4) is 0 Å². The largest absolute Gasteiger partial charge is 0.423 e. The van der Waals surface area contributed by atoms with Crippen molar-refractivity contribution in [1.29, 1.82) is 0 Å². The predicted octanol–water partition coefficient (Wildman–Crippen LogP) is 3.55. The molecular formula is C23H30ClF3N6O3. The average Bonchev–Trinajstić information content (AvgIpc) is 2.85. The van der Waals surface area contributed by atoms with Crippen molar-refractivity contribution in [2.75, 3.05) is 49.3 Å². The second-order valence-electron chi connectivity index (χ2n) is 8.45. The lowest BCUT2D eigenvalue weighted by atomic mass is 10.1. The van der Waals surface area contributed by atoms with E-state index in [0.29, 0.717) is 44.0 Å². The van der Waals surface area contributed by atoms with E-state index in [-0.39, 0.29) is 31.3 Å². The Morgan fingerprint density at radius 3 is 2.53 bits per heavy atom. The molecule has 1 amide bonds. The van der Waals surface area contributed by atoms with E-state index in [0.717, 1.165) is 12.0 Å². The number of pyridine rings is 1. The number of halogens is 4. The zero-order valence-corrected chi connectivity index (χ0v) is 21.0. The van der Waals surface area contributed by atoms with E-state index in [9.17, 15) is 22.8 Å². The zero-order valence-electron chi connectivity index (χ0n) is 20.2. The number of amides is 1. The van der Waals surface area contributed by atoms with Gasteiger partial charge in [-0.3, -0.25) is 9.59 Å². The van der Waals surface area contributed by atoms with Gasteiger partial charge >= 0.3 is 6.18 Å². The van der Waals surface area contributed by atoms with Gasteiger partial charge in [0.1, 0.15) is 18.1 Å². The lowest BCUT2D eigenvalue weighted by Gasteiger charge is -2.36. The second kappa shape index (κ2) is 12.4. The number of nitrogens with one attached hydrogen (secondary N) is 1. The number of aromatic amines is 1. The number of ether oxygens (including phenoxy) is 1. The topological polar surface area (TPSA) is 94.7 Å². The summed E-state index contributed by atoms with van der Waals surface area (Å²) >= 11 is 5.89. The molecule has 1 saturated heterocycles. The van der Waals surface area contributed by atoms with Crippen molar-refractivity contribution in [1.82, 2.24) is 20.1 Å². The highest BCUT2D eigenvalue weighted by molar-refractivity contribution is 6.30. The summed E-state index contributed by atoms with van der Waals surface area (Å²) < 4.78 is 46.5. The molecule has 2 aromatic rings. The SMILES string of the molecule is CCCN(COC(CC)CC(=O)N1CCN(c2ccc(Cl)cn2)CC1)c1cn[nH]c(=O)c1C(F)(F)F. The molecule has 0 saturated carbocycles. The normalized spacial score (nSPS) is 15.2. The number of hydrogen-bond donors (Lipinski definition) is 1. The Morgan fingerprint density at radius 2 is 1.94 bits per heavy atom. The molecule has 3 heterocycles. The highest BCUT2D eigenvalue weighted by Crippen LogP contribution is 2.33. The minimum absolute atomic E-state index is 0.0820. The van der Waals surface area contributed by atoms with Gasteiger partial charge in [-0.25, -0.2) is 10.1 Å². The standard InChI is InChI=1S/C23H30ClF3N6O3/c1-3-7-33(18-14-29-30-22(35)21(18)23(25,26)27)15-36-17(4-2)12-20(34)32-10-8-31(9-11-32)19-6-5-16(24)13-28-19/h5-6,13-14,17H,3-4,7-12,15H2,1-2H3,(H,30,35). The number of alkyl halides is 3. The Hall–Kier alpha value is -2.86. The van der Waals surface area contributed by atoms with Crippen LogP contribution in [0.3, 0.4) is 0 Å². The Morgan fingerprint density at radius 1 is 1.22 bits per heavy atom. The number of nitrogens with zero attached hydrogens (tertiary/aromatic N) is 5. The second-order valence-corrected chi connectivity index (χ2v) is 8.89. The van der Waals surface area contributed by atoms with E-state index in [4.69, 9.17) is 16.3 Å². The predicted molar refractivity (Wildman–Crippen MR) is 130 cm³/mol. The fraction of sp³-hybridized carbons (Fsp3) is 0.565. The summed E-state index contributed by atoms with van der Waals surface area (Å²) in [5.74, 6) is 0.714. The van der Waals surface area contributed by atoms with Crippen LogP contribution in [0.25, 0.3) is 0 Å². The third kappa shape index (κ3) is 7.10. The van der Waals surface area contributed by atoms with E-state index in [1.54, 1.807) is 24.1 Å². The summed E-state index contributed by atoms with van der Waals surface area (Å²) in [5, 5.41) is 5.94. The number of aromatic nitrogens is 3. The quantitative estimate of drug-likeness (QED) is 0.469. The van der Waals surface area contributed by atoms with Crippen LogP contribution < -0.4 is 15.4 Å². The van der Waals surface area contributed by atoms with E-state index in [1.807, 2.05) is 18.1 Å². The first-order valence-electron chi connectivity index (χ1n) is 11.8. The van der Waals surface area contributed by atoms with E-state index in [1.165, 1.54) is 4.90 Å². The van der Waals surface area contributed by atoms with Gasteiger partial charge in [-0.05, 0) is 25.0 Å². The Kier molecular flexibility index (Phi) is 9.55. The van der Waals surface area contributed by atoms with Gasteiger partial charge < -0.3 is 19.4 Å². The van der Waals surface area contributed by atoms with Crippen LogP contribution in [0.4, 0.5) is 24.7 Å². The van der Waals surface area contributed by atoms with Gasteiger partial charge in [-0.1, -0.05) is 25.4 Å².